The van der Waals surface area contributed by atoms with E-state index in [2.05, 4.69) is 27.6 Å². The molecule has 0 radical (unpaired) electrons. The first-order chi connectivity index (χ1) is 7.75. The zero-order chi connectivity index (χ0) is 11.4. The fourth-order valence-electron chi connectivity index (χ4n) is 1.22. The van der Waals surface area contributed by atoms with Gasteiger partial charge in [0.15, 0.2) is 5.75 Å². The summed E-state index contributed by atoms with van der Waals surface area (Å²) in [5.41, 5.74) is 1.00. The van der Waals surface area contributed by atoms with Gasteiger partial charge in [-0.3, -0.25) is 0 Å². The second-order valence-electron chi connectivity index (χ2n) is 3.21. The number of hydrogen-bond acceptors (Lipinski definition) is 2. The molecule has 1 aromatic carbocycles. The summed E-state index contributed by atoms with van der Waals surface area (Å²) in [5.74, 6) is -0.394. The van der Waals surface area contributed by atoms with Crippen LogP contribution in [0.3, 0.4) is 0 Å². The molecule has 82 valence electrons. The third kappa shape index (κ3) is 2.91. The van der Waals surface area contributed by atoms with E-state index in [9.17, 15) is 4.39 Å². The molecule has 0 atom stereocenters. The van der Waals surface area contributed by atoms with Gasteiger partial charge >= 0.3 is 0 Å². The lowest BCUT2D eigenvalue weighted by molar-refractivity contribution is 0.286. The van der Waals surface area contributed by atoms with Gasteiger partial charge in [0.25, 0.3) is 5.95 Å². The van der Waals surface area contributed by atoms with Crippen LogP contribution in [0, 0.1) is 9.52 Å². The Kier molecular flexibility index (Phi) is 3.71. The van der Waals surface area contributed by atoms with Crippen LogP contribution in [0.1, 0.15) is 5.56 Å². The van der Waals surface area contributed by atoms with Crippen molar-refractivity contribution in [2.24, 2.45) is 0 Å². The summed E-state index contributed by atoms with van der Waals surface area (Å²) in [6.07, 6.45) is 1.40. The Hall–Kier alpha value is -1.17. The van der Waals surface area contributed by atoms with Crippen molar-refractivity contribution in [1.82, 2.24) is 4.98 Å². The molecule has 0 fully saturated rings. The van der Waals surface area contributed by atoms with Gasteiger partial charge in [-0.25, -0.2) is 4.98 Å². The summed E-state index contributed by atoms with van der Waals surface area (Å²) in [5, 5.41) is 0. The fraction of sp³-hybridized carbons (Fsp3) is 0.0833. The number of halogens is 2. The first-order valence-electron chi connectivity index (χ1n) is 4.73. The molecule has 4 heteroatoms. The highest BCUT2D eigenvalue weighted by molar-refractivity contribution is 14.1. The Morgan fingerprint density at radius 3 is 2.62 bits per heavy atom. The van der Waals surface area contributed by atoms with Gasteiger partial charge in [0.1, 0.15) is 6.61 Å². The minimum Gasteiger partial charge on any atom is -0.484 e. The third-order valence-electron chi connectivity index (χ3n) is 2.03. The second-order valence-corrected chi connectivity index (χ2v) is 4.45. The molecule has 2 rings (SSSR count). The monoisotopic (exact) mass is 329 g/mol. The molecule has 0 saturated heterocycles. The van der Waals surface area contributed by atoms with Crippen molar-refractivity contribution >= 4 is 22.6 Å². The predicted octanol–water partition coefficient (Wildman–Crippen LogP) is 3.40. The summed E-state index contributed by atoms with van der Waals surface area (Å²) in [4.78, 5) is 3.51. The third-order valence-corrected chi connectivity index (χ3v) is 2.75. The molecule has 0 aliphatic carbocycles. The molecular weight excluding hydrogens is 320 g/mol. The van der Waals surface area contributed by atoms with Crippen molar-refractivity contribution in [1.29, 1.82) is 0 Å². The SMILES string of the molecule is Fc1ncccc1OCc1ccc(I)cc1. The van der Waals surface area contributed by atoms with E-state index in [1.54, 1.807) is 12.1 Å². The molecule has 0 bridgehead atoms. The maximum atomic E-state index is 13.1. The molecule has 0 unspecified atom stereocenters. The molecule has 2 nitrogen and oxygen atoms in total. The minimum atomic E-state index is -0.576. The van der Waals surface area contributed by atoms with Crippen LogP contribution in [0.25, 0.3) is 0 Å². The average molecular weight is 329 g/mol. The first-order valence-corrected chi connectivity index (χ1v) is 5.81. The van der Waals surface area contributed by atoms with E-state index in [1.807, 2.05) is 24.3 Å². The summed E-state index contributed by atoms with van der Waals surface area (Å²) in [6, 6.07) is 11.1. The van der Waals surface area contributed by atoms with Crippen LogP contribution >= 0.6 is 22.6 Å². The van der Waals surface area contributed by atoms with Crippen LogP contribution in [0.15, 0.2) is 42.6 Å². The zero-order valence-corrected chi connectivity index (χ0v) is 10.5. The fourth-order valence-corrected chi connectivity index (χ4v) is 1.58. The Balaban J connectivity index is 2.02. The van der Waals surface area contributed by atoms with Crippen molar-refractivity contribution in [2.45, 2.75) is 6.61 Å². The van der Waals surface area contributed by atoms with Gasteiger partial charge in [0.2, 0.25) is 0 Å². The molecule has 0 N–H and O–H groups in total. The maximum absolute atomic E-state index is 13.1. The number of pyridine rings is 1. The van der Waals surface area contributed by atoms with Crippen LogP contribution in [-0.2, 0) is 6.61 Å². The van der Waals surface area contributed by atoms with Crippen LogP contribution in [-0.4, -0.2) is 4.98 Å². The number of rotatable bonds is 3. The first kappa shape index (κ1) is 11.3. The molecule has 0 spiro atoms. The topological polar surface area (TPSA) is 22.1 Å². The molecule has 16 heavy (non-hydrogen) atoms. The van der Waals surface area contributed by atoms with Crippen molar-refractivity contribution in [3.8, 4) is 5.75 Å². The van der Waals surface area contributed by atoms with Gasteiger partial charge in [-0.05, 0) is 52.4 Å². The van der Waals surface area contributed by atoms with Gasteiger partial charge in [-0.1, -0.05) is 12.1 Å². The average Bonchev–Trinajstić information content (AvgIpc) is 2.30. The highest BCUT2D eigenvalue weighted by atomic mass is 127. The largest absolute Gasteiger partial charge is 0.484 e. The molecule has 1 heterocycles. The van der Waals surface area contributed by atoms with Crippen LogP contribution < -0.4 is 4.74 Å². The Bertz CT molecular complexity index is 473. The van der Waals surface area contributed by atoms with E-state index in [1.165, 1.54) is 6.20 Å². The second kappa shape index (κ2) is 5.25. The van der Waals surface area contributed by atoms with Crippen LogP contribution in [0.5, 0.6) is 5.75 Å². The maximum Gasteiger partial charge on any atom is 0.255 e. The molecular formula is C12H9FINO. The lowest BCUT2D eigenvalue weighted by atomic mass is 10.2. The van der Waals surface area contributed by atoms with E-state index in [0.29, 0.717) is 6.61 Å². The van der Waals surface area contributed by atoms with Crippen molar-refractivity contribution in [3.05, 3.63) is 57.7 Å². The van der Waals surface area contributed by atoms with E-state index >= 15 is 0 Å². The molecule has 2 aromatic rings. The van der Waals surface area contributed by atoms with Crippen molar-refractivity contribution in [2.75, 3.05) is 0 Å². The van der Waals surface area contributed by atoms with E-state index in [4.69, 9.17) is 4.74 Å². The van der Waals surface area contributed by atoms with Gasteiger partial charge in [-0.15, -0.1) is 0 Å². The molecule has 0 aliphatic heterocycles. The quantitative estimate of drug-likeness (QED) is 0.636. The number of ether oxygens (including phenoxy) is 1. The Labute approximate surface area is 107 Å². The van der Waals surface area contributed by atoms with Gasteiger partial charge in [0.05, 0.1) is 0 Å². The molecule has 0 amide bonds. The number of hydrogen-bond donors (Lipinski definition) is 0. The normalized spacial score (nSPS) is 10.1. The lowest BCUT2D eigenvalue weighted by Crippen LogP contribution is -1.98. The zero-order valence-electron chi connectivity index (χ0n) is 8.36. The Morgan fingerprint density at radius 2 is 1.94 bits per heavy atom. The van der Waals surface area contributed by atoms with E-state index in [-0.39, 0.29) is 5.75 Å². The summed E-state index contributed by atoms with van der Waals surface area (Å²) in [6.45, 7) is 0.347. The highest BCUT2D eigenvalue weighted by Crippen LogP contribution is 2.15. The van der Waals surface area contributed by atoms with Gasteiger partial charge in [0, 0.05) is 9.77 Å². The number of nitrogens with zero attached hydrogens (tertiary/aromatic N) is 1. The smallest absolute Gasteiger partial charge is 0.255 e. The summed E-state index contributed by atoms with van der Waals surface area (Å²) < 4.78 is 19.6. The molecule has 0 saturated carbocycles. The highest BCUT2D eigenvalue weighted by Gasteiger charge is 2.02. The van der Waals surface area contributed by atoms with Crippen molar-refractivity contribution < 1.29 is 9.13 Å². The number of benzene rings is 1. The van der Waals surface area contributed by atoms with Gasteiger partial charge < -0.3 is 4.74 Å². The summed E-state index contributed by atoms with van der Waals surface area (Å²) >= 11 is 2.23. The predicted molar refractivity (Wildman–Crippen MR) is 67.7 cm³/mol. The molecule has 1 aromatic heterocycles. The summed E-state index contributed by atoms with van der Waals surface area (Å²) in [7, 11) is 0. The van der Waals surface area contributed by atoms with Crippen molar-refractivity contribution in [3.63, 3.8) is 0 Å². The minimum absolute atomic E-state index is 0.182. The standard InChI is InChI=1S/C12H9FINO/c13-12-11(2-1-7-15-12)16-8-9-3-5-10(14)6-4-9/h1-7H,8H2. The van der Waals surface area contributed by atoms with E-state index in [0.717, 1.165) is 9.13 Å². The van der Waals surface area contributed by atoms with Crippen LogP contribution in [0.4, 0.5) is 4.39 Å². The Morgan fingerprint density at radius 1 is 1.19 bits per heavy atom. The van der Waals surface area contributed by atoms with Gasteiger partial charge in [-0.2, -0.15) is 4.39 Å². The number of aromatic nitrogens is 1. The lowest BCUT2D eigenvalue weighted by Gasteiger charge is -2.06. The molecule has 0 aliphatic rings. The van der Waals surface area contributed by atoms with E-state index < -0.39 is 5.95 Å². The van der Waals surface area contributed by atoms with Crippen LogP contribution in [0.2, 0.25) is 0 Å².